The molecule has 0 atom stereocenters. The number of oxime groups is 1. The van der Waals surface area contributed by atoms with Gasteiger partial charge in [0.1, 0.15) is 18.9 Å². The second kappa shape index (κ2) is 15.7. The minimum absolute atomic E-state index is 0.0832. The van der Waals surface area contributed by atoms with Crippen LogP contribution in [-0.2, 0) is 23.6 Å². The first-order valence-electron chi connectivity index (χ1n) is 11.0. The van der Waals surface area contributed by atoms with E-state index in [1.54, 1.807) is 13.8 Å². The van der Waals surface area contributed by atoms with Crippen molar-refractivity contribution in [3.05, 3.63) is 34.2 Å². The SMILES string of the molecule is CCOC(=O)CNP(=O)(CCCSc1nonc1/C(=N\O)Nc1ccc(F)c(Br)c1)NCC(=O)OCC. The predicted octanol–water partition coefficient (Wildman–Crippen LogP) is 3.20. The number of rotatable bonds is 15. The Labute approximate surface area is 224 Å². The molecule has 0 radical (unpaired) electrons. The molecule has 2 aromatic rings. The molecule has 1 aromatic heterocycles. The monoisotopic (exact) mass is 624 g/mol. The highest BCUT2D eigenvalue weighted by Gasteiger charge is 2.24. The molecule has 1 heterocycles. The Bertz CT molecular complexity index is 1110. The number of esters is 2. The lowest BCUT2D eigenvalue weighted by molar-refractivity contribution is -0.142. The maximum absolute atomic E-state index is 13.5. The van der Waals surface area contributed by atoms with Gasteiger partial charge in [0.25, 0.3) is 0 Å². The van der Waals surface area contributed by atoms with Gasteiger partial charge in [-0.3, -0.25) is 14.2 Å². The molecule has 0 saturated heterocycles. The summed E-state index contributed by atoms with van der Waals surface area (Å²) in [7, 11) is -3.36. The summed E-state index contributed by atoms with van der Waals surface area (Å²) < 4.78 is 41.4. The summed E-state index contributed by atoms with van der Waals surface area (Å²) in [4.78, 5) is 23.4. The van der Waals surface area contributed by atoms with E-state index in [9.17, 15) is 23.8 Å². The largest absolute Gasteiger partial charge is 0.465 e. The summed E-state index contributed by atoms with van der Waals surface area (Å²) in [5.74, 6) is -1.32. The molecule has 0 unspecified atom stereocenters. The number of thioether (sulfide) groups is 1. The third kappa shape index (κ3) is 10.4. The molecule has 2 rings (SSSR count). The Balaban J connectivity index is 1.98. The first-order valence-corrected chi connectivity index (χ1v) is 14.7. The number of hydrogen-bond donors (Lipinski definition) is 4. The molecule has 0 aliphatic carbocycles. The molecule has 17 heteroatoms. The van der Waals surface area contributed by atoms with Gasteiger partial charge in [0.2, 0.25) is 13.3 Å². The molecule has 0 amide bonds. The van der Waals surface area contributed by atoms with Crippen molar-refractivity contribution in [3.8, 4) is 0 Å². The van der Waals surface area contributed by atoms with Crippen LogP contribution in [0.3, 0.4) is 0 Å². The zero-order valence-corrected chi connectivity index (χ0v) is 23.3. The van der Waals surface area contributed by atoms with E-state index in [2.05, 4.69) is 46.9 Å². The number of anilines is 1. The molecule has 0 bridgehead atoms. The van der Waals surface area contributed by atoms with E-state index in [-0.39, 0.29) is 53.5 Å². The van der Waals surface area contributed by atoms with E-state index in [1.807, 2.05) is 0 Å². The van der Waals surface area contributed by atoms with Gasteiger partial charge in [-0.15, -0.1) is 11.8 Å². The maximum atomic E-state index is 13.5. The molecule has 204 valence electrons. The number of ether oxygens (including phenoxy) is 2. The zero-order chi connectivity index (χ0) is 27.3. The number of nitrogens with one attached hydrogen (secondary N) is 3. The summed E-state index contributed by atoms with van der Waals surface area (Å²) in [5, 5.41) is 28.6. The fourth-order valence-electron chi connectivity index (χ4n) is 2.74. The Hall–Kier alpha value is -2.52. The van der Waals surface area contributed by atoms with E-state index in [0.717, 1.165) is 0 Å². The number of aromatic nitrogens is 2. The van der Waals surface area contributed by atoms with Crippen LogP contribution in [0.15, 0.2) is 37.5 Å². The molecule has 0 spiro atoms. The van der Waals surface area contributed by atoms with E-state index >= 15 is 0 Å². The van der Waals surface area contributed by atoms with Crippen LogP contribution < -0.4 is 15.5 Å². The second-order valence-corrected chi connectivity index (χ2v) is 11.6. The first-order chi connectivity index (χ1) is 17.7. The van der Waals surface area contributed by atoms with Gasteiger partial charge in [0, 0.05) is 17.6 Å². The van der Waals surface area contributed by atoms with Crippen LogP contribution in [0.1, 0.15) is 26.0 Å². The molecule has 0 aliphatic rings. The average molecular weight is 625 g/mol. The average Bonchev–Trinajstić information content (AvgIpc) is 3.34. The normalized spacial score (nSPS) is 11.8. The number of nitrogens with zero attached hydrogens (tertiary/aromatic N) is 3. The van der Waals surface area contributed by atoms with Crippen LogP contribution in [-0.4, -0.2) is 71.5 Å². The Morgan fingerprint density at radius 2 is 1.84 bits per heavy atom. The molecule has 13 nitrogen and oxygen atoms in total. The lowest BCUT2D eigenvalue weighted by Gasteiger charge is -2.20. The standard InChI is InChI=1S/C20H27BrFN6O7PS/c1-3-33-16(29)11-23-36(32,24-12-17(30)34-4-2)8-5-9-37-20-18(27-35-28-20)19(26-31)25-13-6-7-15(22)14(21)10-13/h6-7,10,31H,3-5,8-9,11-12H2,1-2H3,(H,25,26)(H2,23,24,32). The number of hydrogen-bond acceptors (Lipinski definition) is 11. The van der Waals surface area contributed by atoms with Crippen molar-refractivity contribution >= 4 is 58.6 Å². The minimum atomic E-state index is -3.36. The Morgan fingerprint density at radius 3 is 2.41 bits per heavy atom. The summed E-state index contributed by atoms with van der Waals surface area (Å²) in [5.41, 5.74) is 0.526. The highest BCUT2D eigenvalue weighted by atomic mass is 79.9. The highest BCUT2D eigenvalue weighted by molar-refractivity contribution is 9.10. The van der Waals surface area contributed by atoms with Gasteiger partial charge in [-0.05, 0) is 64.7 Å². The van der Waals surface area contributed by atoms with Gasteiger partial charge in [0.15, 0.2) is 10.7 Å². The second-order valence-electron chi connectivity index (χ2n) is 7.07. The molecule has 0 saturated carbocycles. The molecular weight excluding hydrogens is 598 g/mol. The van der Waals surface area contributed by atoms with Crippen molar-refractivity contribution < 1.29 is 37.9 Å². The van der Waals surface area contributed by atoms with E-state index in [4.69, 9.17) is 14.1 Å². The third-order valence-corrected chi connectivity index (χ3v) is 8.32. The van der Waals surface area contributed by atoms with Crippen molar-refractivity contribution in [3.63, 3.8) is 0 Å². The van der Waals surface area contributed by atoms with Crippen LogP contribution in [0.25, 0.3) is 0 Å². The van der Waals surface area contributed by atoms with Gasteiger partial charge in [0.05, 0.1) is 17.7 Å². The molecular formula is C20H27BrFN6O7PS. The van der Waals surface area contributed by atoms with Gasteiger partial charge >= 0.3 is 11.9 Å². The molecule has 0 fully saturated rings. The van der Waals surface area contributed by atoms with E-state index in [1.165, 1.54) is 30.0 Å². The molecule has 37 heavy (non-hydrogen) atoms. The summed E-state index contributed by atoms with van der Waals surface area (Å²) in [6.45, 7) is 3.07. The fourth-order valence-corrected chi connectivity index (χ4v) is 5.97. The number of amidine groups is 1. The molecule has 1 aromatic carbocycles. The summed E-state index contributed by atoms with van der Waals surface area (Å²) in [6.07, 6.45) is 0.450. The van der Waals surface area contributed by atoms with Crippen molar-refractivity contribution in [2.75, 3.05) is 43.5 Å². The van der Waals surface area contributed by atoms with Crippen LogP contribution in [0.2, 0.25) is 0 Å². The Kier molecular flexibility index (Phi) is 13.0. The lowest BCUT2D eigenvalue weighted by Crippen LogP contribution is -2.33. The van der Waals surface area contributed by atoms with Gasteiger partial charge < -0.3 is 20.0 Å². The number of benzene rings is 1. The smallest absolute Gasteiger partial charge is 0.320 e. The fraction of sp³-hybridized carbons (Fsp3) is 0.450. The molecule has 0 aliphatic heterocycles. The van der Waals surface area contributed by atoms with E-state index in [0.29, 0.717) is 17.9 Å². The Morgan fingerprint density at radius 1 is 1.19 bits per heavy atom. The van der Waals surface area contributed by atoms with Crippen LogP contribution in [0.5, 0.6) is 0 Å². The quantitative estimate of drug-likeness (QED) is 0.0332. The third-order valence-electron chi connectivity index (χ3n) is 4.39. The number of halogens is 2. The van der Waals surface area contributed by atoms with Crippen molar-refractivity contribution in [2.24, 2.45) is 5.16 Å². The molecule has 4 N–H and O–H groups in total. The van der Waals surface area contributed by atoms with Crippen LogP contribution >= 0.6 is 35.1 Å². The number of carbonyl (C=O) groups excluding carboxylic acids is 2. The first kappa shape index (κ1) is 30.7. The van der Waals surface area contributed by atoms with Gasteiger partial charge in [-0.1, -0.05) is 5.16 Å². The minimum Gasteiger partial charge on any atom is -0.465 e. The highest BCUT2D eigenvalue weighted by Crippen LogP contribution is 2.37. The number of carbonyl (C=O) groups is 2. The topological polar surface area (TPSA) is 177 Å². The van der Waals surface area contributed by atoms with Gasteiger partial charge in [-0.2, -0.15) is 0 Å². The van der Waals surface area contributed by atoms with Crippen LogP contribution in [0.4, 0.5) is 10.1 Å². The predicted molar refractivity (Wildman–Crippen MR) is 137 cm³/mol. The van der Waals surface area contributed by atoms with Crippen LogP contribution in [0, 0.1) is 5.82 Å². The van der Waals surface area contributed by atoms with Crippen molar-refractivity contribution in [1.29, 1.82) is 0 Å². The van der Waals surface area contributed by atoms with E-state index < -0.39 is 25.2 Å². The maximum Gasteiger partial charge on any atom is 0.320 e. The zero-order valence-electron chi connectivity index (χ0n) is 20.0. The van der Waals surface area contributed by atoms with Crippen molar-refractivity contribution in [1.82, 2.24) is 20.5 Å². The van der Waals surface area contributed by atoms with Crippen molar-refractivity contribution in [2.45, 2.75) is 25.3 Å². The summed E-state index contributed by atoms with van der Waals surface area (Å²) in [6, 6.07) is 4.11. The lowest BCUT2D eigenvalue weighted by atomic mass is 10.3. The van der Waals surface area contributed by atoms with Gasteiger partial charge in [-0.25, -0.2) is 19.2 Å². The summed E-state index contributed by atoms with van der Waals surface area (Å²) >= 11 is 4.27.